The van der Waals surface area contributed by atoms with Crippen LogP contribution in [0.2, 0.25) is 0 Å². The summed E-state index contributed by atoms with van der Waals surface area (Å²) < 4.78 is 0.372. The fourth-order valence-corrected chi connectivity index (χ4v) is 1.84. The van der Waals surface area contributed by atoms with Crippen LogP contribution in [0.5, 0.6) is 0 Å². The van der Waals surface area contributed by atoms with Gasteiger partial charge in [0.25, 0.3) is 5.69 Å². The maximum Gasteiger partial charge on any atom is 0.312 e. The van der Waals surface area contributed by atoms with Gasteiger partial charge in [-0.3, -0.25) is 19.9 Å². The fraction of sp³-hybridized carbons (Fsp3) is 0.333. The van der Waals surface area contributed by atoms with Crippen LogP contribution in [0.25, 0.3) is 0 Å². The Hall–Kier alpha value is -1.50. The van der Waals surface area contributed by atoms with Gasteiger partial charge in [0.1, 0.15) is 6.20 Å². The van der Waals surface area contributed by atoms with Gasteiger partial charge in [0.2, 0.25) is 0 Å². The summed E-state index contributed by atoms with van der Waals surface area (Å²) in [6.07, 6.45) is 1.08. The van der Waals surface area contributed by atoms with Crippen LogP contribution in [-0.2, 0) is 4.79 Å². The van der Waals surface area contributed by atoms with Gasteiger partial charge in [-0.2, -0.15) is 0 Å². The summed E-state index contributed by atoms with van der Waals surface area (Å²) >= 11 is 3.14. The number of carboxylic acid groups (broad SMARTS) is 1. The molecule has 6 nitrogen and oxygen atoms in total. The first-order valence-corrected chi connectivity index (χ1v) is 5.17. The smallest absolute Gasteiger partial charge is 0.312 e. The molecule has 0 aromatic carbocycles. The lowest BCUT2D eigenvalue weighted by Crippen LogP contribution is -2.11. The van der Waals surface area contributed by atoms with Crippen molar-refractivity contribution in [1.82, 2.24) is 4.98 Å². The fourth-order valence-electron chi connectivity index (χ4n) is 1.19. The van der Waals surface area contributed by atoms with Crippen molar-refractivity contribution in [2.75, 3.05) is 0 Å². The Morgan fingerprint density at radius 3 is 2.69 bits per heavy atom. The first-order valence-electron chi connectivity index (χ1n) is 4.38. The molecule has 0 saturated carbocycles. The zero-order valence-corrected chi connectivity index (χ0v) is 10.2. The number of nitrogens with zero attached hydrogens (tertiary/aromatic N) is 2. The van der Waals surface area contributed by atoms with Crippen LogP contribution in [-0.4, -0.2) is 21.0 Å². The second kappa shape index (κ2) is 4.56. The molecule has 0 saturated heterocycles. The second-order valence-electron chi connectivity index (χ2n) is 3.28. The van der Waals surface area contributed by atoms with Crippen molar-refractivity contribution in [2.45, 2.75) is 19.8 Å². The minimum Gasteiger partial charge on any atom is -0.481 e. The molecule has 1 rings (SSSR count). The van der Waals surface area contributed by atoms with E-state index in [1.54, 1.807) is 6.92 Å². The van der Waals surface area contributed by atoms with Gasteiger partial charge in [0.05, 0.1) is 16.5 Å². The van der Waals surface area contributed by atoms with Crippen LogP contribution in [0.1, 0.15) is 24.1 Å². The third-order valence-electron chi connectivity index (χ3n) is 2.24. The van der Waals surface area contributed by atoms with Gasteiger partial charge in [-0.25, -0.2) is 0 Å². The molecule has 0 amide bonds. The van der Waals surface area contributed by atoms with Crippen molar-refractivity contribution in [3.63, 3.8) is 0 Å². The second-order valence-corrected chi connectivity index (χ2v) is 4.08. The predicted molar refractivity (Wildman–Crippen MR) is 59.4 cm³/mol. The standard InChI is InChI=1S/C9H9BrN2O4/c1-4-6(12(15)16)3-11-8(7(4)10)5(2)9(13)14/h3,5H,1-2H3,(H,13,14). The summed E-state index contributed by atoms with van der Waals surface area (Å²) in [5, 5.41) is 19.5. The average molecular weight is 289 g/mol. The Labute approximate surface area is 99.6 Å². The Kier molecular flexibility index (Phi) is 3.58. The molecule has 1 aromatic rings. The van der Waals surface area contributed by atoms with Crippen molar-refractivity contribution < 1.29 is 14.8 Å². The quantitative estimate of drug-likeness (QED) is 0.680. The van der Waals surface area contributed by atoms with Crippen LogP contribution >= 0.6 is 15.9 Å². The largest absolute Gasteiger partial charge is 0.481 e. The van der Waals surface area contributed by atoms with Crippen LogP contribution in [0.4, 0.5) is 5.69 Å². The van der Waals surface area contributed by atoms with Gasteiger partial charge >= 0.3 is 5.97 Å². The lowest BCUT2D eigenvalue weighted by atomic mass is 10.1. The van der Waals surface area contributed by atoms with E-state index >= 15 is 0 Å². The molecule has 1 unspecified atom stereocenters. The van der Waals surface area contributed by atoms with E-state index in [4.69, 9.17) is 5.11 Å². The molecule has 0 fully saturated rings. The number of halogens is 1. The Morgan fingerprint density at radius 2 is 2.25 bits per heavy atom. The molecule has 0 bridgehead atoms. The molecule has 1 aromatic heterocycles. The maximum atomic E-state index is 10.8. The molecule has 0 aliphatic heterocycles. The number of pyridine rings is 1. The highest BCUT2D eigenvalue weighted by atomic mass is 79.9. The van der Waals surface area contributed by atoms with E-state index in [9.17, 15) is 14.9 Å². The van der Waals surface area contributed by atoms with Crippen LogP contribution in [0.15, 0.2) is 10.7 Å². The molecule has 1 N–H and O–H groups in total. The lowest BCUT2D eigenvalue weighted by molar-refractivity contribution is -0.385. The first-order chi connectivity index (χ1) is 7.36. The molecule has 1 atom stereocenters. The molecule has 0 aliphatic carbocycles. The zero-order valence-electron chi connectivity index (χ0n) is 8.60. The van der Waals surface area contributed by atoms with Gasteiger partial charge < -0.3 is 5.11 Å². The Bertz CT molecular complexity index is 461. The summed E-state index contributed by atoms with van der Waals surface area (Å²) in [6, 6.07) is 0. The van der Waals surface area contributed by atoms with Crippen molar-refractivity contribution in [3.8, 4) is 0 Å². The highest BCUT2D eigenvalue weighted by Gasteiger charge is 2.23. The Balaban J connectivity index is 3.32. The van der Waals surface area contributed by atoms with E-state index in [-0.39, 0.29) is 11.4 Å². The van der Waals surface area contributed by atoms with E-state index in [1.807, 2.05) is 0 Å². The minimum atomic E-state index is -1.03. The van der Waals surface area contributed by atoms with Crippen molar-refractivity contribution >= 4 is 27.6 Å². The molecule has 7 heteroatoms. The zero-order chi connectivity index (χ0) is 12.5. The summed E-state index contributed by atoms with van der Waals surface area (Å²) in [7, 11) is 0. The average Bonchev–Trinajstić information content (AvgIpc) is 2.20. The van der Waals surface area contributed by atoms with E-state index in [2.05, 4.69) is 20.9 Å². The molecule has 0 spiro atoms. The van der Waals surface area contributed by atoms with Gasteiger partial charge in [0.15, 0.2) is 0 Å². The number of hydrogen-bond acceptors (Lipinski definition) is 4. The number of nitro groups is 1. The first kappa shape index (κ1) is 12.6. The van der Waals surface area contributed by atoms with E-state index in [0.717, 1.165) is 6.20 Å². The monoisotopic (exact) mass is 288 g/mol. The van der Waals surface area contributed by atoms with E-state index in [0.29, 0.717) is 10.0 Å². The predicted octanol–water partition coefficient (Wildman–Crippen LogP) is 2.25. The number of carbonyl (C=O) groups is 1. The summed E-state index contributed by atoms with van der Waals surface area (Å²) in [4.78, 5) is 24.7. The molecular formula is C9H9BrN2O4. The third-order valence-corrected chi connectivity index (χ3v) is 3.24. The van der Waals surface area contributed by atoms with Gasteiger partial charge in [0, 0.05) is 10.0 Å². The normalized spacial score (nSPS) is 12.2. The topological polar surface area (TPSA) is 93.3 Å². The van der Waals surface area contributed by atoms with Crippen molar-refractivity contribution in [2.24, 2.45) is 0 Å². The number of hydrogen-bond donors (Lipinski definition) is 1. The summed E-state index contributed by atoms with van der Waals surface area (Å²) in [6.45, 7) is 3.02. The van der Waals surface area contributed by atoms with Crippen molar-refractivity contribution in [3.05, 3.63) is 32.0 Å². The van der Waals surface area contributed by atoms with Gasteiger partial charge in [-0.15, -0.1) is 0 Å². The lowest BCUT2D eigenvalue weighted by Gasteiger charge is -2.09. The highest BCUT2D eigenvalue weighted by molar-refractivity contribution is 9.10. The van der Waals surface area contributed by atoms with Gasteiger partial charge in [-0.1, -0.05) is 0 Å². The van der Waals surface area contributed by atoms with Crippen LogP contribution in [0, 0.1) is 17.0 Å². The molecular weight excluding hydrogens is 280 g/mol. The minimum absolute atomic E-state index is 0.131. The Morgan fingerprint density at radius 1 is 1.69 bits per heavy atom. The maximum absolute atomic E-state index is 10.8. The summed E-state index contributed by atoms with van der Waals surface area (Å²) in [5.74, 6) is -1.84. The number of rotatable bonds is 3. The number of carboxylic acids is 1. The van der Waals surface area contributed by atoms with Crippen LogP contribution < -0.4 is 0 Å². The SMILES string of the molecule is Cc1c([N+](=O)[O-])cnc(C(C)C(=O)O)c1Br. The van der Waals surface area contributed by atoms with E-state index < -0.39 is 16.8 Å². The number of aromatic nitrogens is 1. The molecule has 0 radical (unpaired) electrons. The van der Waals surface area contributed by atoms with Crippen molar-refractivity contribution in [1.29, 1.82) is 0 Å². The molecule has 0 aliphatic rings. The third kappa shape index (κ3) is 2.19. The van der Waals surface area contributed by atoms with Gasteiger partial charge in [-0.05, 0) is 29.8 Å². The highest BCUT2D eigenvalue weighted by Crippen LogP contribution is 2.31. The van der Waals surface area contributed by atoms with Crippen LogP contribution in [0.3, 0.4) is 0 Å². The molecule has 1 heterocycles. The van der Waals surface area contributed by atoms with E-state index in [1.165, 1.54) is 6.92 Å². The molecule has 86 valence electrons. The molecule has 16 heavy (non-hydrogen) atoms. The number of aliphatic carboxylic acids is 1. The summed E-state index contributed by atoms with van der Waals surface area (Å²) in [5.41, 5.74) is 0.534.